The van der Waals surface area contributed by atoms with Gasteiger partial charge < -0.3 is 19.7 Å². The molecule has 6 nitrogen and oxygen atoms in total. The van der Waals surface area contributed by atoms with Gasteiger partial charge in [0.15, 0.2) is 11.6 Å². The Morgan fingerprint density at radius 2 is 2.05 bits per heavy atom. The molecule has 1 saturated heterocycles. The Hall–Kier alpha value is -1.56. The number of hydrogen-bond donors (Lipinski definition) is 1. The van der Waals surface area contributed by atoms with E-state index in [9.17, 15) is 0 Å². The van der Waals surface area contributed by atoms with Gasteiger partial charge in [-0.1, -0.05) is 0 Å². The van der Waals surface area contributed by atoms with Crippen LogP contribution in [0.15, 0.2) is 6.33 Å². The third kappa shape index (κ3) is 3.07. The van der Waals surface area contributed by atoms with Gasteiger partial charge in [-0.15, -0.1) is 0 Å². The third-order valence-electron chi connectivity index (χ3n) is 3.05. The highest BCUT2D eigenvalue weighted by atomic mass is 16.5. The molecule has 106 valence electrons. The molecule has 0 aliphatic carbocycles. The largest absolute Gasteiger partial charge is 0.490 e. The highest BCUT2D eigenvalue weighted by Gasteiger charge is 2.26. The van der Waals surface area contributed by atoms with E-state index in [2.05, 4.69) is 34.0 Å². The number of nitrogens with one attached hydrogen (secondary N) is 1. The predicted molar refractivity (Wildman–Crippen MR) is 75.0 cm³/mol. The van der Waals surface area contributed by atoms with Crippen LogP contribution in [-0.2, 0) is 4.74 Å². The standard InChI is InChI=1S/C13H22N4O2/c1-5-14-12-11(18-4)13(16-8-15-12)17-6-9(2)19-10(3)7-17/h8-10H,5-7H2,1-4H3,(H,14,15,16)/t9-,10+. The summed E-state index contributed by atoms with van der Waals surface area (Å²) in [5.74, 6) is 2.27. The van der Waals surface area contributed by atoms with Crippen LogP contribution in [-0.4, -0.2) is 48.9 Å². The second-order valence-electron chi connectivity index (χ2n) is 4.77. The van der Waals surface area contributed by atoms with E-state index in [1.165, 1.54) is 0 Å². The van der Waals surface area contributed by atoms with E-state index in [1.54, 1.807) is 13.4 Å². The maximum atomic E-state index is 5.75. The number of nitrogens with zero attached hydrogens (tertiary/aromatic N) is 3. The van der Waals surface area contributed by atoms with Crippen molar-refractivity contribution < 1.29 is 9.47 Å². The van der Waals surface area contributed by atoms with Crippen molar-refractivity contribution in [3.05, 3.63) is 6.33 Å². The molecule has 2 rings (SSSR count). The van der Waals surface area contributed by atoms with Gasteiger partial charge in [0.25, 0.3) is 0 Å². The van der Waals surface area contributed by atoms with Gasteiger partial charge in [-0.25, -0.2) is 9.97 Å². The van der Waals surface area contributed by atoms with E-state index in [0.29, 0.717) is 5.75 Å². The lowest BCUT2D eigenvalue weighted by Gasteiger charge is -2.36. The van der Waals surface area contributed by atoms with Crippen molar-refractivity contribution in [3.8, 4) is 5.75 Å². The highest BCUT2D eigenvalue weighted by molar-refractivity contribution is 5.64. The van der Waals surface area contributed by atoms with Crippen molar-refractivity contribution in [2.75, 3.05) is 37.0 Å². The molecule has 2 atom stereocenters. The molecule has 19 heavy (non-hydrogen) atoms. The minimum atomic E-state index is 0.186. The van der Waals surface area contributed by atoms with E-state index >= 15 is 0 Å². The van der Waals surface area contributed by atoms with E-state index in [0.717, 1.165) is 31.3 Å². The molecule has 0 spiro atoms. The Morgan fingerprint density at radius 1 is 1.37 bits per heavy atom. The fraction of sp³-hybridized carbons (Fsp3) is 0.692. The maximum Gasteiger partial charge on any atom is 0.204 e. The quantitative estimate of drug-likeness (QED) is 0.892. The first kappa shape index (κ1) is 13.9. The van der Waals surface area contributed by atoms with Crippen molar-refractivity contribution in [3.63, 3.8) is 0 Å². The molecule has 0 radical (unpaired) electrons. The first-order valence-electron chi connectivity index (χ1n) is 6.69. The molecule has 1 aliphatic rings. The Kier molecular flexibility index (Phi) is 4.42. The van der Waals surface area contributed by atoms with Crippen molar-refractivity contribution in [1.29, 1.82) is 0 Å². The minimum Gasteiger partial charge on any atom is -0.490 e. The lowest BCUT2D eigenvalue weighted by Crippen LogP contribution is -2.46. The lowest BCUT2D eigenvalue weighted by atomic mass is 10.2. The van der Waals surface area contributed by atoms with Crippen LogP contribution in [0, 0.1) is 0 Å². The van der Waals surface area contributed by atoms with Crippen molar-refractivity contribution >= 4 is 11.6 Å². The predicted octanol–water partition coefficient (Wildman–Crippen LogP) is 1.53. The van der Waals surface area contributed by atoms with Crippen molar-refractivity contribution in [2.45, 2.75) is 33.0 Å². The molecular formula is C13H22N4O2. The first-order valence-corrected chi connectivity index (χ1v) is 6.69. The molecule has 6 heteroatoms. The van der Waals surface area contributed by atoms with Crippen molar-refractivity contribution in [1.82, 2.24) is 9.97 Å². The second-order valence-corrected chi connectivity index (χ2v) is 4.77. The molecule has 1 fully saturated rings. The number of ether oxygens (including phenoxy) is 2. The van der Waals surface area contributed by atoms with Crippen LogP contribution in [0.25, 0.3) is 0 Å². The molecule has 1 N–H and O–H groups in total. The minimum absolute atomic E-state index is 0.186. The van der Waals surface area contributed by atoms with Crippen LogP contribution in [0.4, 0.5) is 11.6 Å². The Bertz CT molecular complexity index is 417. The Balaban J connectivity index is 2.30. The second kappa shape index (κ2) is 6.06. The zero-order chi connectivity index (χ0) is 13.8. The summed E-state index contributed by atoms with van der Waals surface area (Å²) in [4.78, 5) is 10.8. The molecule has 0 unspecified atom stereocenters. The number of rotatable bonds is 4. The smallest absolute Gasteiger partial charge is 0.204 e. The number of methoxy groups -OCH3 is 1. The van der Waals surface area contributed by atoms with Gasteiger partial charge in [-0.2, -0.15) is 0 Å². The number of hydrogen-bond acceptors (Lipinski definition) is 6. The molecule has 1 aromatic heterocycles. The average Bonchev–Trinajstić information content (AvgIpc) is 2.37. The van der Waals surface area contributed by atoms with E-state index in [1.807, 2.05) is 6.92 Å². The average molecular weight is 266 g/mol. The number of morpholine rings is 1. The molecule has 0 aromatic carbocycles. The summed E-state index contributed by atoms with van der Waals surface area (Å²) in [6.45, 7) is 8.58. The Labute approximate surface area is 114 Å². The zero-order valence-corrected chi connectivity index (χ0v) is 12.0. The normalized spacial score (nSPS) is 23.3. The summed E-state index contributed by atoms with van der Waals surface area (Å²) >= 11 is 0. The van der Waals surface area contributed by atoms with Gasteiger partial charge in [0.1, 0.15) is 6.33 Å². The van der Waals surface area contributed by atoms with Crippen LogP contribution >= 0.6 is 0 Å². The summed E-state index contributed by atoms with van der Waals surface area (Å²) in [6, 6.07) is 0. The van der Waals surface area contributed by atoms with Gasteiger partial charge in [-0.3, -0.25) is 0 Å². The summed E-state index contributed by atoms with van der Waals surface area (Å²) < 4.78 is 11.2. The lowest BCUT2D eigenvalue weighted by molar-refractivity contribution is -0.00558. The van der Waals surface area contributed by atoms with Crippen LogP contribution < -0.4 is 15.0 Å². The van der Waals surface area contributed by atoms with Crippen LogP contribution in [0.3, 0.4) is 0 Å². The fourth-order valence-electron chi connectivity index (χ4n) is 2.42. The summed E-state index contributed by atoms with van der Waals surface area (Å²) in [5, 5.41) is 3.19. The number of aromatic nitrogens is 2. The molecule has 1 aliphatic heterocycles. The van der Waals surface area contributed by atoms with E-state index in [-0.39, 0.29) is 12.2 Å². The van der Waals surface area contributed by atoms with E-state index < -0.39 is 0 Å². The monoisotopic (exact) mass is 266 g/mol. The summed E-state index contributed by atoms with van der Waals surface area (Å²) in [6.07, 6.45) is 1.94. The van der Waals surface area contributed by atoms with Crippen LogP contribution in [0.5, 0.6) is 5.75 Å². The van der Waals surface area contributed by atoms with Crippen LogP contribution in [0.1, 0.15) is 20.8 Å². The SMILES string of the molecule is CCNc1ncnc(N2C[C@@H](C)O[C@@H](C)C2)c1OC. The molecule has 0 bridgehead atoms. The molecule has 2 heterocycles. The molecule has 1 aromatic rings. The topological polar surface area (TPSA) is 59.5 Å². The highest BCUT2D eigenvalue weighted by Crippen LogP contribution is 2.33. The summed E-state index contributed by atoms with van der Waals surface area (Å²) in [7, 11) is 1.65. The fourth-order valence-corrected chi connectivity index (χ4v) is 2.42. The van der Waals surface area contributed by atoms with Gasteiger partial charge in [-0.05, 0) is 20.8 Å². The van der Waals surface area contributed by atoms with Gasteiger partial charge in [0, 0.05) is 19.6 Å². The van der Waals surface area contributed by atoms with Gasteiger partial charge in [0.2, 0.25) is 5.75 Å². The first-order chi connectivity index (χ1) is 9.15. The van der Waals surface area contributed by atoms with Gasteiger partial charge >= 0.3 is 0 Å². The summed E-state index contributed by atoms with van der Waals surface area (Å²) in [5.41, 5.74) is 0. The number of anilines is 2. The van der Waals surface area contributed by atoms with Crippen molar-refractivity contribution in [2.24, 2.45) is 0 Å². The van der Waals surface area contributed by atoms with E-state index in [4.69, 9.17) is 9.47 Å². The molecular weight excluding hydrogens is 244 g/mol. The molecule has 0 amide bonds. The third-order valence-corrected chi connectivity index (χ3v) is 3.05. The zero-order valence-electron chi connectivity index (χ0n) is 12.0. The maximum absolute atomic E-state index is 5.75. The molecule has 0 saturated carbocycles. The Morgan fingerprint density at radius 3 is 2.63 bits per heavy atom. The van der Waals surface area contributed by atoms with Crippen LogP contribution in [0.2, 0.25) is 0 Å². The van der Waals surface area contributed by atoms with Gasteiger partial charge in [0.05, 0.1) is 19.3 Å².